The van der Waals surface area contributed by atoms with E-state index in [1.54, 1.807) is 13.2 Å². The van der Waals surface area contributed by atoms with E-state index in [9.17, 15) is 9.59 Å². The minimum Gasteiger partial charge on any atom is -0.497 e. The van der Waals surface area contributed by atoms with Crippen LogP contribution in [0.1, 0.15) is 54.4 Å². The van der Waals surface area contributed by atoms with E-state index >= 15 is 0 Å². The first-order valence-corrected chi connectivity index (χ1v) is 11.2. The Morgan fingerprint density at radius 1 is 1.13 bits per heavy atom. The number of hydrogen-bond donors (Lipinski definition) is 2. The predicted octanol–water partition coefficient (Wildman–Crippen LogP) is 5.23. The van der Waals surface area contributed by atoms with Crippen LogP contribution in [0.3, 0.4) is 0 Å². The Hall–Kier alpha value is -2.73. The van der Waals surface area contributed by atoms with Gasteiger partial charge in [0.2, 0.25) is 0 Å². The quantitative estimate of drug-likeness (QED) is 0.523. The normalized spacial score (nSPS) is 18.3. The molecule has 1 heterocycles. The van der Waals surface area contributed by atoms with Crippen LogP contribution in [0.25, 0.3) is 6.08 Å². The molecule has 5 nitrogen and oxygen atoms in total. The Bertz CT molecular complexity index is 978. The molecule has 2 aromatic carbocycles. The third-order valence-electron chi connectivity index (χ3n) is 5.52. The molecule has 1 saturated carbocycles. The number of benzene rings is 2. The second-order valence-corrected chi connectivity index (χ2v) is 8.80. The zero-order valence-corrected chi connectivity index (χ0v) is 17.9. The highest BCUT2D eigenvalue weighted by Gasteiger charge is 2.23. The molecule has 1 fully saturated rings. The van der Waals surface area contributed by atoms with E-state index in [2.05, 4.69) is 10.6 Å². The van der Waals surface area contributed by atoms with E-state index in [-0.39, 0.29) is 17.9 Å². The van der Waals surface area contributed by atoms with Gasteiger partial charge in [0.1, 0.15) is 5.75 Å². The summed E-state index contributed by atoms with van der Waals surface area (Å²) < 4.78 is 5.25. The van der Waals surface area contributed by atoms with Crippen molar-refractivity contribution >= 4 is 35.3 Å². The Morgan fingerprint density at radius 3 is 2.70 bits per heavy atom. The van der Waals surface area contributed by atoms with Crippen molar-refractivity contribution in [2.75, 3.05) is 12.4 Å². The van der Waals surface area contributed by atoms with Crippen LogP contribution in [-0.4, -0.2) is 25.0 Å². The van der Waals surface area contributed by atoms with E-state index in [0.29, 0.717) is 16.2 Å². The molecule has 0 saturated heterocycles. The van der Waals surface area contributed by atoms with Gasteiger partial charge in [-0.15, -0.1) is 0 Å². The summed E-state index contributed by atoms with van der Waals surface area (Å²) in [4.78, 5) is 26.9. The second kappa shape index (κ2) is 9.39. The Morgan fingerprint density at radius 2 is 1.93 bits per heavy atom. The maximum atomic E-state index is 12.7. The van der Waals surface area contributed by atoms with E-state index in [1.807, 2.05) is 42.5 Å². The second-order valence-electron chi connectivity index (χ2n) is 7.71. The lowest BCUT2D eigenvalue weighted by molar-refractivity contribution is -0.112. The molecule has 30 heavy (non-hydrogen) atoms. The third kappa shape index (κ3) is 4.87. The highest BCUT2D eigenvalue weighted by Crippen LogP contribution is 2.39. The van der Waals surface area contributed by atoms with E-state index in [1.165, 1.54) is 37.4 Å². The van der Waals surface area contributed by atoms with Crippen molar-refractivity contribution in [3.05, 3.63) is 58.5 Å². The topological polar surface area (TPSA) is 67.4 Å². The van der Waals surface area contributed by atoms with Crippen LogP contribution < -0.4 is 15.4 Å². The summed E-state index contributed by atoms with van der Waals surface area (Å²) in [6, 6.07) is 13.3. The maximum absolute atomic E-state index is 12.7. The minimum absolute atomic E-state index is 0.0679. The molecule has 2 aliphatic rings. The van der Waals surface area contributed by atoms with Crippen molar-refractivity contribution in [3.8, 4) is 5.75 Å². The molecule has 0 radical (unpaired) electrons. The summed E-state index contributed by atoms with van der Waals surface area (Å²) in [5.41, 5.74) is 2.16. The predicted molar refractivity (Wildman–Crippen MR) is 121 cm³/mol. The van der Waals surface area contributed by atoms with Gasteiger partial charge in [-0.25, -0.2) is 0 Å². The number of rotatable bonds is 4. The average molecular weight is 423 g/mol. The van der Waals surface area contributed by atoms with Gasteiger partial charge in [0, 0.05) is 16.5 Å². The number of carbonyl (C=O) groups is 2. The van der Waals surface area contributed by atoms with Gasteiger partial charge in [-0.3, -0.25) is 9.59 Å². The molecule has 0 bridgehead atoms. The van der Waals surface area contributed by atoms with Crippen LogP contribution in [-0.2, 0) is 4.79 Å². The summed E-state index contributed by atoms with van der Waals surface area (Å²) in [6.45, 7) is 0. The van der Waals surface area contributed by atoms with Crippen LogP contribution in [0.2, 0.25) is 0 Å². The molecule has 1 aliphatic heterocycles. The van der Waals surface area contributed by atoms with E-state index in [0.717, 1.165) is 29.1 Å². The molecule has 4 rings (SSSR count). The molecule has 156 valence electrons. The fourth-order valence-electron chi connectivity index (χ4n) is 3.88. The fourth-order valence-corrected chi connectivity index (χ4v) is 4.81. The molecule has 2 N–H and O–H groups in total. The van der Waals surface area contributed by atoms with Gasteiger partial charge < -0.3 is 15.4 Å². The van der Waals surface area contributed by atoms with Crippen molar-refractivity contribution in [3.63, 3.8) is 0 Å². The summed E-state index contributed by atoms with van der Waals surface area (Å²) in [5, 5.41) is 6.09. The third-order valence-corrected chi connectivity index (χ3v) is 6.61. The first-order valence-electron chi connectivity index (χ1n) is 10.4. The van der Waals surface area contributed by atoms with Crippen LogP contribution in [0.15, 0.2) is 52.3 Å². The first kappa shape index (κ1) is 20.5. The number of ether oxygens (including phenoxy) is 1. The van der Waals surface area contributed by atoms with Gasteiger partial charge in [0.05, 0.1) is 17.7 Å². The molecule has 0 aromatic heterocycles. The lowest BCUT2D eigenvalue weighted by Gasteiger charge is -2.20. The smallest absolute Gasteiger partial charge is 0.262 e. The Balaban J connectivity index is 1.49. The van der Waals surface area contributed by atoms with E-state index in [4.69, 9.17) is 4.74 Å². The summed E-state index contributed by atoms with van der Waals surface area (Å²) in [7, 11) is 1.62. The number of carbonyl (C=O) groups excluding carboxylic acids is 2. The van der Waals surface area contributed by atoms with Crippen molar-refractivity contribution in [2.24, 2.45) is 0 Å². The standard InChI is InChI=1S/C24H26N2O3S/c1-29-19-10-6-7-16(13-19)14-22-24(28)26-20-15-17(11-12-21(20)30-22)23(27)25-18-8-4-2-3-5-9-18/h6-7,10-15,18H,2-5,8-9H2,1H3,(H,25,27)(H,26,28). The van der Waals surface area contributed by atoms with Crippen molar-refractivity contribution in [1.29, 1.82) is 0 Å². The van der Waals surface area contributed by atoms with Gasteiger partial charge in [0.15, 0.2) is 0 Å². The SMILES string of the molecule is COc1cccc(C=C2Sc3ccc(C(=O)NC4CCCCCC4)cc3NC2=O)c1. The largest absolute Gasteiger partial charge is 0.497 e. The number of anilines is 1. The lowest BCUT2D eigenvalue weighted by Crippen LogP contribution is -2.34. The molecule has 2 amide bonds. The van der Waals surface area contributed by atoms with Gasteiger partial charge in [0.25, 0.3) is 11.8 Å². The molecule has 0 atom stereocenters. The maximum Gasteiger partial charge on any atom is 0.262 e. The van der Waals surface area contributed by atoms with Crippen LogP contribution >= 0.6 is 11.8 Å². The molecular weight excluding hydrogens is 396 g/mol. The molecule has 0 spiro atoms. The van der Waals surface area contributed by atoms with Crippen molar-refractivity contribution in [2.45, 2.75) is 49.5 Å². The number of fused-ring (bicyclic) bond motifs is 1. The van der Waals surface area contributed by atoms with Gasteiger partial charge in [-0.2, -0.15) is 0 Å². The van der Waals surface area contributed by atoms with Gasteiger partial charge >= 0.3 is 0 Å². The van der Waals surface area contributed by atoms with Crippen LogP contribution in [0, 0.1) is 0 Å². The van der Waals surface area contributed by atoms with Crippen molar-refractivity contribution in [1.82, 2.24) is 5.32 Å². The number of nitrogens with one attached hydrogen (secondary N) is 2. The molecular formula is C24H26N2O3S. The fraction of sp³-hybridized carbons (Fsp3) is 0.333. The summed E-state index contributed by atoms with van der Waals surface area (Å²) >= 11 is 1.41. The zero-order valence-electron chi connectivity index (χ0n) is 17.1. The van der Waals surface area contributed by atoms with Gasteiger partial charge in [-0.05, 0) is 54.8 Å². The summed E-state index contributed by atoms with van der Waals surface area (Å²) in [6.07, 6.45) is 8.77. The number of hydrogen-bond acceptors (Lipinski definition) is 4. The highest BCUT2D eigenvalue weighted by molar-refractivity contribution is 8.04. The molecule has 2 aromatic rings. The van der Waals surface area contributed by atoms with Crippen molar-refractivity contribution < 1.29 is 14.3 Å². The molecule has 0 unspecified atom stereocenters. The molecule has 1 aliphatic carbocycles. The number of thioether (sulfide) groups is 1. The monoisotopic (exact) mass is 422 g/mol. The lowest BCUT2D eigenvalue weighted by atomic mass is 10.1. The minimum atomic E-state index is -0.170. The Kier molecular flexibility index (Phi) is 6.43. The number of methoxy groups -OCH3 is 1. The highest BCUT2D eigenvalue weighted by atomic mass is 32.2. The first-order chi connectivity index (χ1) is 14.6. The zero-order chi connectivity index (χ0) is 20.9. The molecule has 6 heteroatoms. The van der Waals surface area contributed by atoms with Crippen LogP contribution in [0.4, 0.5) is 5.69 Å². The summed E-state index contributed by atoms with van der Waals surface area (Å²) in [5.74, 6) is 0.508. The number of amides is 2. The average Bonchev–Trinajstić information content (AvgIpc) is 3.02. The van der Waals surface area contributed by atoms with Gasteiger partial charge in [-0.1, -0.05) is 49.6 Å². The van der Waals surface area contributed by atoms with Crippen LogP contribution in [0.5, 0.6) is 5.75 Å². The van der Waals surface area contributed by atoms with E-state index < -0.39 is 0 Å². The Labute approximate surface area is 181 Å².